The maximum Gasteiger partial charge on any atom is 0.250 e. The lowest BCUT2D eigenvalue weighted by Gasteiger charge is -2.22. The number of amidine groups is 1. The van der Waals surface area contributed by atoms with Crippen LogP contribution in [-0.2, 0) is 0 Å². The highest BCUT2D eigenvalue weighted by molar-refractivity contribution is 5.85. The Kier molecular flexibility index (Phi) is 6.96. The number of oxime groups is 1. The van der Waals surface area contributed by atoms with Gasteiger partial charge in [-0.25, -0.2) is 8.78 Å². The number of hydrogen-bond acceptors (Lipinski definition) is 3. The van der Waals surface area contributed by atoms with Gasteiger partial charge in [0, 0.05) is 5.41 Å². The van der Waals surface area contributed by atoms with E-state index in [4.69, 9.17) is 10.9 Å². The van der Waals surface area contributed by atoms with Crippen molar-refractivity contribution in [3.63, 3.8) is 0 Å². The molecule has 0 fully saturated rings. The summed E-state index contributed by atoms with van der Waals surface area (Å²) in [6, 6.07) is 0. The molecule has 4 nitrogen and oxygen atoms in total. The van der Waals surface area contributed by atoms with Crippen LogP contribution >= 0.6 is 0 Å². The molecular formula is C10H21F2N3O. The van der Waals surface area contributed by atoms with E-state index >= 15 is 0 Å². The van der Waals surface area contributed by atoms with Crippen molar-refractivity contribution in [1.82, 2.24) is 5.32 Å². The molecule has 0 saturated carbocycles. The molecule has 0 spiro atoms. The highest BCUT2D eigenvalue weighted by Crippen LogP contribution is 2.22. The molecule has 0 aliphatic carbocycles. The van der Waals surface area contributed by atoms with Crippen molar-refractivity contribution in [1.29, 1.82) is 0 Å². The van der Waals surface area contributed by atoms with Crippen molar-refractivity contribution in [3.05, 3.63) is 0 Å². The predicted octanol–water partition coefficient (Wildman–Crippen LogP) is 1.78. The van der Waals surface area contributed by atoms with Gasteiger partial charge in [0.1, 0.15) is 5.84 Å². The molecular weight excluding hydrogens is 216 g/mol. The van der Waals surface area contributed by atoms with E-state index in [2.05, 4.69) is 10.5 Å². The van der Waals surface area contributed by atoms with E-state index in [1.807, 2.05) is 13.8 Å². The third-order valence-electron chi connectivity index (χ3n) is 2.51. The van der Waals surface area contributed by atoms with Gasteiger partial charge < -0.3 is 16.3 Å². The highest BCUT2D eigenvalue weighted by atomic mass is 19.3. The number of rotatable bonds is 8. The average Bonchev–Trinajstić information content (AvgIpc) is 2.21. The number of nitrogens with two attached hydrogens (primary N) is 1. The Morgan fingerprint density at radius 2 is 2.06 bits per heavy atom. The Morgan fingerprint density at radius 3 is 2.56 bits per heavy atom. The van der Waals surface area contributed by atoms with Crippen molar-refractivity contribution in [2.75, 3.05) is 13.1 Å². The quantitative estimate of drug-likeness (QED) is 0.198. The van der Waals surface area contributed by atoms with Crippen molar-refractivity contribution in [3.8, 4) is 0 Å². The van der Waals surface area contributed by atoms with E-state index in [9.17, 15) is 8.78 Å². The lowest BCUT2D eigenvalue weighted by Crippen LogP contribution is -2.32. The fraction of sp³-hybridized carbons (Fsp3) is 0.900. The van der Waals surface area contributed by atoms with Gasteiger partial charge in [-0.1, -0.05) is 25.4 Å². The summed E-state index contributed by atoms with van der Waals surface area (Å²) >= 11 is 0. The molecule has 0 unspecified atom stereocenters. The molecule has 0 heterocycles. The summed E-state index contributed by atoms with van der Waals surface area (Å²) in [6.07, 6.45) is 0.113. The van der Waals surface area contributed by atoms with E-state index in [1.54, 1.807) is 0 Å². The smallest absolute Gasteiger partial charge is 0.250 e. The maximum atomic E-state index is 11.8. The fourth-order valence-corrected chi connectivity index (χ4v) is 1.29. The molecule has 0 aliphatic rings. The van der Waals surface area contributed by atoms with E-state index in [0.29, 0.717) is 6.54 Å². The summed E-state index contributed by atoms with van der Waals surface area (Å²) in [7, 11) is 0. The Balaban J connectivity index is 3.59. The number of nitrogens with one attached hydrogen (secondary N) is 1. The Labute approximate surface area is 94.9 Å². The largest absolute Gasteiger partial charge is 0.409 e. The van der Waals surface area contributed by atoms with Gasteiger partial charge in [-0.05, 0) is 19.4 Å². The van der Waals surface area contributed by atoms with Crippen molar-refractivity contribution in [2.45, 2.75) is 39.5 Å². The average molecular weight is 237 g/mol. The van der Waals surface area contributed by atoms with Crippen LogP contribution in [0.3, 0.4) is 0 Å². The first kappa shape index (κ1) is 15.1. The second-order valence-electron chi connectivity index (χ2n) is 4.42. The van der Waals surface area contributed by atoms with Crippen LogP contribution in [0.2, 0.25) is 0 Å². The van der Waals surface area contributed by atoms with E-state index in [0.717, 1.165) is 19.3 Å². The summed E-state index contributed by atoms with van der Waals surface area (Å²) in [5.41, 5.74) is 5.17. The molecule has 16 heavy (non-hydrogen) atoms. The summed E-state index contributed by atoms with van der Waals surface area (Å²) < 4.78 is 23.5. The van der Waals surface area contributed by atoms with Crippen LogP contribution in [-0.4, -0.2) is 30.6 Å². The Hall–Kier alpha value is -0.910. The molecule has 0 bridgehead atoms. The van der Waals surface area contributed by atoms with Gasteiger partial charge in [-0.3, -0.25) is 0 Å². The van der Waals surface area contributed by atoms with Crippen LogP contribution in [0.15, 0.2) is 5.16 Å². The number of hydrogen-bond donors (Lipinski definition) is 3. The van der Waals surface area contributed by atoms with Crippen LogP contribution in [0, 0.1) is 5.41 Å². The summed E-state index contributed by atoms with van der Waals surface area (Å²) in [4.78, 5) is 0. The van der Waals surface area contributed by atoms with Crippen LogP contribution in [0.4, 0.5) is 8.78 Å². The molecule has 96 valence electrons. The molecule has 0 aliphatic heterocycles. The normalized spacial score (nSPS) is 13.4. The lowest BCUT2D eigenvalue weighted by atomic mass is 9.86. The second-order valence-corrected chi connectivity index (χ2v) is 4.42. The molecule has 0 aromatic rings. The fourth-order valence-electron chi connectivity index (χ4n) is 1.29. The number of alkyl halides is 2. The van der Waals surface area contributed by atoms with Gasteiger partial charge in [0.2, 0.25) is 0 Å². The van der Waals surface area contributed by atoms with Gasteiger partial charge in [-0.2, -0.15) is 0 Å². The highest BCUT2D eigenvalue weighted by Gasteiger charge is 2.22. The van der Waals surface area contributed by atoms with Gasteiger partial charge in [-0.15, -0.1) is 0 Å². The third-order valence-corrected chi connectivity index (χ3v) is 2.51. The van der Waals surface area contributed by atoms with Gasteiger partial charge in [0.15, 0.2) is 0 Å². The first-order valence-electron chi connectivity index (χ1n) is 5.37. The SMILES string of the molecule is CC(C)(CCCCNCC(F)F)C(N)=NO. The zero-order valence-corrected chi connectivity index (χ0v) is 9.84. The first-order valence-corrected chi connectivity index (χ1v) is 5.37. The monoisotopic (exact) mass is 237 g/mol. The predicted molar refractivity (Wildman–Crippen MR) is 59.9 cm³/mol. The Morgan fingerprint density at radius 1 is 1.44 bits per heavy atom. The Bertz CT molecular complexity index is 220. The molecule has 0 aromatic carbocycles. The molecule has 0 amide bonds. The summed E-state index contributed by atoms with van der Waals surface area (Å²) in [5.74, 6) is 0.202. The topological polar surface area (TPSA) is 70.6 Å². The van der Waals surface area contributed by atoms with Gasteiger partial charge in [0.25, 0.3) is 6.43 Å². The van der Waals surface area contributed by atoms with Crippen LogP contribution in [0.5, 0.6) is 0 Å². The van der Waals surface area contributed by atoms with E-state index < -0.39 is 6.43 Å². The summed E-state index contributed by atoms with van der Waals surface area (Å²) in [5, 5.41) is 14.2. The standard InChI is InChI=1S/C10H21F2N3O/c1-10(2,9(13)15-16)5-3-4-6-14-7-8(11)12/h8,14,16H,3-7H2,1-2H3,(H2,13,15). The second kappa shape index (κ2) is 7.38. The minimum absolute atomic E-state index is 0.202. The van der Waals surface area contributed by atoms with Gasteiger partial charge >= 0.3 is 0 Å². The van der Waals surface area contributed by atoms with Gasteiger partial charge in [0.05, 0.1) is 6.54 Å². The molecule has 4 N–H and O–H groups in total. The minimum atomic E-state index is -2.30. The zero-order valence-electron chi connectivity index (χ0n) is 9.84. The molecule has 0 aromatic heterocycles. The number of unbranched alkanes of at least 4 members (excludes halogenated alkanes) is 1. The van der Waals surface area contributed by atoms with Crippen LogP contribution in [0.25, 0.3) is 0 Å². The molecule has 0 radical (unpaired) electrons. The molecule has 0 rings (SSSR count). The zero-order chi connectivity index (χ0) is 12.6. The van der Waals surface area contributed by atoms with Crippen molar-refractivity contribution in [2.24, 2.45) is 16.3 Å². The maximum absolute atomic E-state index is 11.8. The summed E-state index contributed by atoms with van der Waals surface area (Å²) in [6.45, 7) is 4.07. The van der Waals surface area contributed by atoms with Crippen molar-refractivity contribution < 1.29 is 14.0 Å². The number of nitrogens with zero attached hydrogens (tertiary/aromatic N) is 1. The van der Waals surface area contributed by atoms with Crippen LogP contribution < -0.4 is 11.1 Å². The molecule has 0 atom stereocenters. The first-order chi connectivity index (χ1) is 7.40. The lowest BCUT2D eigenvalue weighted by molar-refractivity contribution is 0.146. The van der Waals surface area contributed by atoms with Crippen LogP contribution in [0.1, 0.15) is 33.1 Å². The van der Waals surface area contributed by atoms with E-state index in [1.165, 1.54) is 0 Å². The third kappa shape index (κ3) is 6.55. The van der Waals surface area contributed by atoms with E-state index in [-0.39, 0.29) is 17.8 Å². The minimum Gasteiger partial charge on any atom is -0.409 e. The number of halogens is 2. The van der Waals surface area contributed by atoms with Crippen molar-refractivity contribution >= 4 is 5.84 Å². The molecule has 0 saturated heterocycles. The molecule has 6 heteroatoms.